The van der Waals surface area contributed by atoms with Crippen molar-refractivity contribution < 1.29 is 14.3 Å². The average Bonchev–Trinajstić information content (AvgIpc) is 3.05. The van der Waals surface area contributed by atoms with Crippen LogP contribution in [0.15, 0.2) is 23.7 Å². The van der Waals surface area contributed by atoms with Crippen molar-refractivity contribution in [3.05, 3.63) is 29.3 Å². The maximum absolute atomic E-state index is 12.9. The van der Waals surface area contributed by atoms with E-state index in [0.29, 0.717) is 5.56 Å². The number of benzene rings is 1. The zero-order chi connectivity index (χ0) is 17.0. The largest absolute Gasteiger partial charge is 0.454 e. The first-order valence-electron chi connectivity index (χ1n) is 9.15. The summed E-state index contributed by atoms with van der Waals surface area (Å²) in [5.74, 6) is 1.91. The van der Waals surface area contributed by atoms with Crippen LogP contribution >= 0.6 is 11.3 Å². The molecule has 25 heavy (non-hydrogen) atoms. The van der Waals surface area contributed by atoms with Gasteiger partial charge >= 0.3 is 5.97 Å². The number of esters is 1. The molecule has 1 aromatic heterocycles. The van der Waals surface area contributed by atoms with Crippen LogP contribution in [0.3, 0.4) is 0 Å². The van der Waals surface area contributed by atoms with Crippen LogP contribution in [0, 0.1) is 23.2 Å². The number of thiazole rings is 1. The van der Waals surface area contributed by atoms with E-state index in [1.807, 2.05) is 6.07 Å². The van der Waals surface area contributed by atoms with Gasteiger partial charge in [0.1, 0.15) is 0 Å². The van der Waals surface area contributed by atoms with E-state index >= 15 is 0 Å². The molecule has 4 fully saturated rings. The number of fused-ring (bicyclic) bond motifs is 1. The lowest BCUT2D eigenvalue weighted by Gasteiger charge is -2.55. The van der Waals surface area contributed by atoms with Crippen molar-refractivity contribution in [3.8, 4) is 0 Å². The van der Waals surface area contributed by atoms with Crippen molar-refractivity contribution in [1.82, 2.24) is 4.98 Å². The highest BCUT2D eigenvalue weighted by molar-refractivity contribution is 7.16. The SMILES string of the molecule is O=C(OCC(=O)C12CC3CC(CC(C3)C1)C2)c1ccc2ncsc2c1. The Labute approximate surface area is 150 Å². The van der Waals surface area contributed by atoms with Crippen LogP contribution in [0.5, 0.6) is 0 Å². The molecule has 0 saturated heterocycles. The molecule has 4 aliphatic rings. The fourth-order valence-electron chi connectivity index (χ4n) is 5.80. The standard InChI is InChI=1S/C20H21NO3S/c22-18(20-7-12-3-13(8-20)5-14(4-12)9-20)10-24-19(23)15-1-2-16-17(6-15)25-11-21-16/h1-2,6,11-14H,3-5,7-10H2. The van der Waals surface area contributed by atoms with Gasteiger partial charge in [0.25, 0.3) is 0 Å². The van der Waals surface area contributed by atoms with Crippen LogP contribution in [-0.4, -0.2) is 23.3 Å². The highest BCUT2D eigenvalue weighted by Gasteiger charge is 2.54. The summed E-state index contributed by atoms with van der Waals surface area (Å²) in [7, 11) is 0. The molecule has 2 aromatic rings. The Balaban J connectivity index is 1.27. The van der Waals surface area contributed by atoms with Crippen LogP contribution in [0.25, 0.3) is 10.2 Å². The van der Waals surface area contributed by atoms with Gasteiger partial charge in [0, 0.05) is 5.41 Å². The van der Waals surface area contributed by atoms with Crippen LogP contribution in [0.4, 0.5) is 0 Å². The number of Topliss-reactive ketones (excluding diaryl/α,β-unsaturated/α-hetero) is 1. The Bertz CT molecular complexity index is 820. The van der Waals surface area contributed by atoms with Crippen molar-refractivity contribution in [3.63, 3.8) is 0 Å². The lowest BCUT2D eigenvalue weighted by Crippen LogP contribution is -2.51. The van der Waals surface area contributed by atoms with Crippen LogP contribution < -0.4 is 0 Å². The molecule has 0 N–H and O–H groups in total. The normalized spacial score (nSPS) is 32.9. The second-order valence-electron chi connectivity index (χ2n) is 8.23. The summed E-state index contributed by atoms with van der Waals surface area (Å²) in [6, 6.07) is 5.34. The fourth-order valence-corrected chi connectivity index (χ4v) is 6.52. The van der Waals surface area contributed by atoms with Gasteiger partial charge in [0.05, 0.1) is 21.3 Å². The molecular formula is C20H21NO3S. The van der Waals surface area contributed by atoms with E-state index in [1.165, 1.54) is 30.6 Å². The number of ether oxygens (including phenoxy) is 1. The lowest BCUT2D eigenvalue weighted by molar-refractivity contribution is -0.147. The van der Waals surface area contributed by atoms with Crippen molar-refractivity contribution in [2.45, 2.75) is 38.5 Å². The molecule has 6 rings (SSSR count). The van der Waals surface area contributed by atoms with E-state index in [2.05, 4.69) is 4.98 Å². The molecule has 4 nitrogen and oxygen atoms in total. The van der Waals surface area contributed by atoms with Gasteiger partial charge in [0.15, 0.2) is 12.4 Å². The summed E-state index contributed by atoms with van der Waals surface area (Å²) < 4.78 is 6.36. The third-order valence-electron chi connectivity index (χ3n) is 6.53. The van der Waals surface area contributed by atoms with Crippen LogP contribution in [0.2, 0.25) is 0 Å². The summed E-state index contributed by atoms with van der Waals surface area (Å²) in [6.45, 7) is -0.0777. The monoisotopic (exact) mass is 355 g/mol. The Hall–Kier alpha value is -1.75. The van der Waals surface area contributed by atoms with Gasteiger partial charge in [-0.2, -0.15) is 0 Å². The molecule has 0 atom stereocenters. The number of ketones is 1. The second kappa shape index (κ2) is 5.63. The van der Waals surface area contributed by atoms with Crippen molar-refractivity contribution >= 4 is 33.3 Å². The summed E-state index contributed by atoms with van der Waals surface area (Å²) >= 11 is 1.50. The Morgan fingerprint density at radius 1 is 1.12 bits per heavy atom. The number of hydrogen-bond donors (Lipinski definition) is 0. The van der Waals surface area contributed by atoms with Crippen LogP contribution in [0.1, 0.15) is 48.9 Å². The van der Waals surface area contributed by atoms with E-state index in [9.17, 15) is 9.59 Å². The van der Waals surface area contributed by atoms with Gasteiger partial charge in [-0.25, -0.2) is 9.78 Å². The van der Waals surface area contributed by atoms with Gasteiger partial charge in [-0.1, -0.05) is 0 Å². The molecule has 0 unspecified atom stereocenters. The first-order chi connectivity index (χ1) is 12.1. The van der Waals surface area contributed by atoms with Gasteiger partial charge in [-0.3, -0.25) is 4.79 Å². The highest BCUT2D eigenvalue weighted by atomic mass is 32.1. The Kier molecular flexibility index (Phi) is 3.49. The minimum atomic E-state index is -0.409. The maximum atomic E-state index is 12.9. The first-order valence-corrected chi connectivity index (χ1v) is 10.0. The van der Waals surface area contributed by atoms with E-state index in [0.717, 1.165) is 47.2 Å². The fraction of sp³-hybridized carbons (Fsp3) is 0.550. The van der Waals surface area contributed by atoms with Gasteiger partial charge in [-0.15, -0.1) is 11.3 Å². The first kappa shape index (κ1) is 15.5. The lowest BCUT2D eigenvalue weighted by atomic mass is 9.48. The predicted octanol–water partition coefficient (Wildman–Crippen LogP) is 4.24. The molecule has 0 aliphatic heterocycles. The molecule has 1 heterocycles. The topological polar surface area (TPSA) is 56.3 Å². The number of rotatable bonds is 4. The molecule has 4 bridgehead atoms. The highest BCUT2D eigenvalue weighted by Crippen LogP contribution is 2.60. The number of aromatic nitrogens is 1. The predicted molar refractivity (Wildman–Crippen MR) is 95.5 cm³/mol. The van der Waals surface area contributed by atoms with Gasteiger partial charge in [0.2, 0.25) is 0 Å². The molecule has 0 amide bonds. The summed E-state index contributed by atoms with van der Waals surface area (Å²) in [5, 5.41) is 0. The summed E-state index contributed by atoms with van der Waals surface area (Å²) in [5.41, 5.74) is 2.94. The number of carbonyl (C=O) groups is 2. The zero-order valence-corrected chi connectivity index (χ0v) is 14.9. The van der Waals surface area contributed by atoms with Crippen LogP contribution in [-0.2, 0) is 9.53 Å². The maximum Gasteiger partial charge on any atom is 0.338 e. The molecule has 4 aliphatic carbocycles. The average molecular weight is 355 g/mol. The number of nitrogens with zero attached hydrogens (tertiary/aromatic N) is 1. The minimum Gasteiger partial charge on any atom is -0.454 e. The Morgan fingerprint density at radius 3 is 2.48 bits per heavy atom. The third-order valence-corrected chi connectivity index (χ3v) is 7.32. The quantitative estimate of drug-likeness (QED) is 0.770. The molecule has 0 radical (unpaired) electrons. The second-order valence-corrected chi connectivity index (χ2v) is 9.12. The van der Waals surface area contributed by atoms with Gasteiger partial charge < -0.3 is 4.74 Å². The van der Waals surface area contributed by atoms with E-state index < -0.39 is 5.97 Å². The third kappa shape index (κ3) is 2.60. The van der Waals surface area contributed by atoms with Crippen molar-refractivity contribution in [1.29, 1.82) is 0 Å². The molecule has 130 valence electrons. The molecular weight excluding hydrogens is 334 g/mol. The van der Waals surface area contributed by atoms with Gasteiger partial charge in [-0.05, 0) is 74.5 Å². The summed E-state index contributed by atoms with van der Waals surface area (Å²) in [6.07, 6.45) is 6.97. The summed E-state index contributed by atoms with van der Waals surface area (Å²) in [4.78, 5) is 29.5. The number of carbonyl (C=O) groups excluding carboxylic acids is 2. The molecule has 0 spiro atoms. The zero-order valence-electron chi connectivity index (χ0n) is 14.1. The van der Waals surface area contributed by atoms with E-state index in [1.54, 1.807) is 17.6 Å². The van der Waals surface area contributed by atoms with Crippen molar-refractivity contribution in [2.24, 2.45) is 23.2 Å². The molecule has 4 saturated carbocycles. The van der Waals surface area contributed by atoms with E-state index in [-0.39, 0.29) is 17.8 Å². The molecule has 1 aromatic carbocycles. The number of hydrogen-bond acceptors (Lipinski definition) is 5. The minimum absolute atomic E-state index is 0.0777. The Morgan fingerprint density at radius 2 is 1.80 bits per heavy atom. The van der Waals surface area contributed by atoms with E-state index in [4.69, 9.17) is 4.74 Å². The van der Waals surface area contributed by atoms with Crippen molar-refractivity contribution in [2.75, 3.05) is 6.61 Å². The molecule has 5 heteroatoms. The smallest absolute Gasteiger partial charge is 0.338 e.